The van der Waals surface area contributed by atoms with Gasteiger partial charge in [-0.2, -0.15) is 0 Å². The van der Waals surface area contributed by atoms with Crippen molar-refractivity contribution in [3.05, 3.63) is 19.9 Å². The molecule has 0 fully saturated rings. The van der Waals surface area contributed by atoms with Crippen LogP contribution in [0.2, 0.25) is 0 Å². The van der Waals surface area contributed by atoms with Crippen molar-refractivity contribution in [1.29, 1.82) is 0 Å². The minimum absolute atomic E-state index is 0.342. The lowest BCUT2D eigenvalue weighted by atomic mass is 10.3. The van der Waals surface area contributed by atoms with Crippen LogP contribution in [0.1, 0.15) is 10.4 Å². The second-order valence-electron chi connectivity index (χ2n) is 2.22. The van der Waals surface area contributed by atoms with Gasteiger partial charge in [0.25, 0.3) is 5.91 Å². The van der Waals surface area contributed by atoms with Crippen LogP contribution in [0.4, 0.5) is 0 Å². The first-order valence-electron chi connectivity index (χ1n) is 3.33. The zero-order valence-electron chi connectivity index (χ0n) is 6.41. The maximum atomic E-state index is 11.2. The molecule has 0 radical (unpaired) electrons. The van der Waals surface area contributed by atoms with E-state index in [1.165, 1.54) is 11.3 Å². The van der Waals surface area contributed by atoms with Crippen LogP contribution in [-0.2, 0) is 4.79 Å². The molecule has 1 amide bonds. The van der Waals surface area contributed by atoms with E-state index in [1.54, 1.807) is 11.4 Å². The molecule has 13 heavy (non-hydrogen) atoms. The first-order chi connectivity index (χ1) is 6.09. The fourth-order valence-corrected chi connectivity index (χ4v) is 2.01. The molecule has 0 saturated heterocycles. The Morgan fingerprint density at radius 3 is 2.77 bits per heavy atom. The van der Waals surface area contributed by atoms with Crippen LogP contribution < -0.4 is 5.32 Å². The number of hydrogen-bond acceptors (Lipinski definition) is 3. The fraction of sp³-hybridized carbons (Fsp3) is 0.143. The Balaban J connectivity index is 2.54. The fourth-order valence-electron chi connectivity index (χ4n) is 0.687. The maximum absolute atomic E-state index is 11.2. The van der Waals surface area contributed by atoms with Crippen molar-refractivity contribution in [3.63, 3.8) is 0 Å². The second kappa shape index (κ2) is 4.56. The molecule has 0 unspecified atom stereocenters. The van der Waals surface area contributed by atoms with Gasteiger partial charge in [0.05, 0.1) is 8.45 Å². The summed E-state index contributed by atoms with van der Waals surface area (Å²) in [5.74, 6) is -1.39. The summed E-state index contributed by atoms with van der Waals surface area (Å²) in [6.07, 6.45) is 0. The van der Waals surface area contributed by atoms with E-state index in [0.29, 0.717) is 5.56 Å². The van der Waals surface area contributed by atoms with E-state index in [2.05, 4.69) is 27.9 Å². The van der Waals surface area contributed by atoms with Crippen molar-refractivity contribution >= 4 is 45.8 Å². The van der Waals surface area contributed by atoms with E-state index in [4.69, 9.17) is 5.11 Å². The Kier molecular flexibility index (Phi) is 3.67. The summed E-state index contributed by atoms with van der Waals surface area (Å²) < 4.78 is 0.998. The lowest BCUT2D eigenvalue weighted by Crippen LogP contribution is -2.28. The Labute approximate surface area is 92.1 Å². The largest absolute Gasteiger partial charge is 0.480 e. The van der Waals surface area contributed by atoms with Gasteiger partial charge in [-0.1, -0.05) is 0 Å². The third-order valence-corrected chi connectivity index (χ3v) is 3.02. The predicted octanol–water partition coefficient (Wildman–Crippen LogP) is 1.17. The monoisotopic (exact) mass is 311 g/mol. The SMILES string of the molecule is O=C(O)CNC(=O)c1csc(I)c1. The molecule has 1 aromatic heterocycles. The van der Waals surface area contributed by atoms with Gasteiger partial charge in [0.15, 0.2) is 0 Å². The minimum atomic E-state index is -1.04. The molecule has 2 N–H and O–H groups in total. The van der Waals surface area contributed by atoms with Gasteiger partial charge >= 0.3 is 5.97 Å². The van der Waals surface area contributed by atoms with Crippen LogP contribution in [0.25, 0.3) is 0 Å². The van der Waals surface area contributed by atoms with E-state index in [9.17, 15) is 9.59 Å². The van der Waals surface area contributed by atoms with E-state index in [-0.39, 0.29) is 12.5 Å². The average Bonchev–Trinajstić information content (AvgIpc) is 2.47. The second-order valence-corrected chi connectivity index (χ2v) is 5.02. The number of aliphatic carboxylic acids is 1. The number of thiophene rings is 1. The molecular formula is C7H6INO3S. The number of amides is 1. The summed E-state index contributed by atoms with van der Waals surface area (Å²) in [6.45, 7) is -0.342. The number of rotatable bonds is 3. The number of carbonyl (C=O) groups excluding carboxylic acids is 1. The van der Waals surface area contributed by atoms with Gasteiger partial charge in [-0.15, -0.1) is 11.3 Å². The molecule has 0 aliphatic heterocycles. The highest BCUT2D eigenvalue weighted by atomic mass is 127. The molecule has 0 saturated carbocycles. The average molecular weight is 311 g/mol. The van der Waals surface area contributed by atoms with Gasteiger partial charge < -0.3 is 10.4 Å². The first-order valence-corrected chi connectivity index (χ1v) is 5.29. The van der Waals surface area contributed by atoms with Crippen molar-refractivity contribution in [2.24, 2.45) is 0 Å². The quantitative estimate of drug-likeness (QED) is 0.824. The Hall–Kier alpha value is -0.630. The summed E-state index contributed by atoms with van der Waals surface area (Å²) in [5.41, 5.74) is 0.510. The molecule has 1 rings (SSSR count). The van der Waals surface area contributed by atoms with Crippen molar-refractivity contribution in [3.8, 4) is 0 Å². The van der Waals surface area contributed by atoms with Crippen molar-refractivity contribution < 1.29 is 14.7 Å². The number of carboxylic acids is 1. The van der Waals surface area contributed by atoms with Gasteiger partial charge in [-0.3, -0.25) is 9.59 Å². The normalized spacial score (nSPS) is 9.62. The standard InChI is InChI=1S/C7H6INO3S/c8-5-1-4(3-13-5)7(12)9-2-6(10)11/h1,3H,2H2,(H,9,12)(H,10,11). The zero-order valence-corrected chi connectivity index (χ0v) is 9.39. The summed E-state index contributed by atoms with van der Waals surface area (Å²) in [6, 6.07) is 1.71. The van der Waals surface area contributed by atoms with E-state index < -0.39 is 5.97 Å². The number of carboxylic acid groups (broad SMARTS) is 1. The number of carbonyl (C=O) groups is 2. The first kappa shape index (κ1) is 10.5. The van der Waals surface area contributed by atoms with Gasteiger partial charge in [-0.05, 0) is 28.7 Å². The smallest absolute Gasteiger partial charge is 0.322 e. The van der Waals surface area contributed by atoms with E-state index in [0.717, 1.165) is 2.88 Å². The molecule has 0 bridgehead atoms. The Morgan fingerprint density at radius 2 is 2.31 bits per heavy atom. The summed E-state index contributed by atoms with van der Waals surface area (Å²) in [4.78, 5) is 21.3. The molecule has 0 aliphatic carbocycles. The van der Waals surface area contributed by atoms with Crippen LogP contribution in [0.3, 0.4) is 0 Å². The minimum Gasteiger partial charge on any atom is -0.480 e. The molecule has 0 aromatic carbocycles. The molecule has 1 aromatic rings. The highest BCUT2D eigenvalue weighted by Crippen LogP contribution is 2.16. The van der Waals surface area contributed by atoms with Crippen LogP contribution in [-0.4, -0.2) is 23.5 Å². The van der Waals surface area contributed by atoms with Crippen molar-refractivity contribution in [2.75, 3.05) is 6.54 Å². The molecule has 0 aliphatic rings. The van der Waals surface area contributed by atoms with Gasteiger partial charge in [0, 0.05) is 5.38 Å². The van der Waals surface area contributed by atoms with Gasteiger partial charge in [-0.25, -0.2) is 0 Å². The lowest BCUT2D eigenvalue weighted by molar-refractivity contribution is -0.135. The van der Waals surface area contributed by atoms with Crippen LogP contribution in [0, 0.1) is 2.88 Å². The van der Waals surface area contributed by atoms with E-state index in [1.807, 2.05) is 0 Å². The van der Waals surface area contributed by atoms with Gasteiger partial charge in [0.2, 0.25) is 0 Å². The van der Waals surface area contributed by atoms with Crippen molar-refractivity contribution in [1.82, 2.24) is 5.32 Å². The lowest BCUT2D eigenvalue weighted by Gasteiger charge is -1.97. The Morgan fingerprint density at radius 1 is 1.62 bits per heavy atom. The summed E-state index contributed by atoms with van der Waals surface area (Å²) >= 11 is 3.54. The predicted molar refractivity (Wildman–Crippen MR) is 57.0 cm³/mol. The van der Waals surface area contributed by atoms with Crippen molar-refractivity contribution in [2.45, 2.75) is 0 Å². The maximum Gasteiger partial charge on any atom is 0.322 e. The third-order valence-electron chi connectivity index (χ3n) is 1.23. The van der Waals surface area contributed by atoms with E-state index >= 15 is 0 Å². The van der Waals surface area contributed by atoms with Crippen LogP contribution >= 0.6 is 33.9 Å². The third kappa shape index (κ3) is 3.31. The molecule has 0 atom stereocenters. The molecular weight excluding hydrogens is 305 g/mol. The Bertz CT molecular complexity index is 336. The topological polar surface area (TPSA) is 66.4 Å². The molecule has 1 heterocycles. The van der Waals surface area contributed by atoms with Gasteiger partial charge in [0.1, 0.15) is 6.54 Å². The molecule has 4 nitrogen and oxygen atoms in total. The zero-order chi connectivity index (χ0) is 9.84. The highest BCUT2D eigenvalue weighted by Gasteiger charge is 2.08. The van der Waals surface area contributed by atoms with Crippen LogP contribution in [0.15, 0.2) is 11.4 Å². The number of halogens is 1. The molecule has 6 heteroatoms. The summed E-state index contributed by atoms with van der Waals surface area (Å²) in [7, 11) is 0. The number of nitrogens with one attached hydrogen (secondary N) is 1. The van der Waals surface area contributed by atoms with Crippen LogP contribution in [0.5, 0.6) is 0 Å². The number of hydrogen-bond donors (Lipinski definition) is 2. The molecule has 0 spiro atoms. The summed E-state index contributed by atoms with van der Waals surface area (Å²) in [5, 5.41) is 12.3. The highest BCUT2D eigenvalue weighted by molar-refractivity contribution is 14.1. The molecule has 70 valence electrons.